The summed E-state index contributed by atoms with van der Waals surface area (Å²) in [5, 5.41) is 9.37. The van der Waals surface area contributed by atoms with Gasteiger partial charge in [0.05, 0.1) is 18.7 Å². The van der Waals surface area contributed by atoms with Gasteiger partial charge in [-0.05, 0) is 16.7 Å². The molecule has 0 N–H and O–H groups in total. The van der Waals surface area contributed by atoms with Crippen LogP contribution in [0.15, 0.2) is 91.0 Å². The van der Waals surface area contributed by atoms with E-state index in [1.54, 1.807) is 0 Å². The molecule has 0 amide bonds. The highest BCUT2D eigenvalue weighted by Gasteiger charge is 2.22. The van der Waals surface area contributed by atoms with Gasteiger partial charge in [-0.3, -0.25) is 4.90 Å². The maximum atomic E-state index is 9.37. The first-order valence-electron chi connectivity index (χ1n) is 8.13. The van der Waals surface area contributed by atoms with Gasteiger partial charge in [0.1, 0.15) is 0 Å². The van der Waals surface area contributed by atoms with Crippen molar-refractivity contribution in [2.75, 3.05) is 6.54 Å². The molecule has 2 heteroatoms. The molecule has 0 aromatic heterocycles. The molecule has 3 aromatic carbocycles. The van der Waals surface area contributed by atoms with E-state index in [9.17, 15) is 5.26 Å². The summed E-state index contributed by atoms with van der Waals surface area (Å²) in [4.78, 5) is 2.22. The summed E-state index contributed by atoms with van der Waals surface area (Å²) in [6.07, 6.45) is 0. The average molecular weight is 312 g/mol. The van der Waals surface area contributed by atoms with Crippen molar-refractivity contribution in [1.82, 2.24) is 4.90 Å². The predicted molar refractivity (Wildman–Crippen MR) is 97.2 cm³/mol. The van der Waals surface area contributed by atoms with Crippen molar-refractivity contribution in [2.45, 2.75) is 12.6 Å². The van der Waals surface area contributed by atoms with Crippen molar-refractivity contribution in [1.29, 1.82) is 5.26 Å². The lowest BCUT2D eigenvalue weighted by Crippen LogP contribution is -2.29. The number of nitrogens with zero attached hydrogens (tertiary/aromatic N) is 2. The molecule has 0 bridgehead atoms. The molecule has 3 rings (SSSR count). The fraction of sp³-hybridized carbons (Fsp3) is 0.136. The monoisotopic (exact) mass is 312 g/mol. The van der Waals surface area contributed by atoms with E-state index in [0.29, 0.717) is 6.54 Å². The Kier molecular flexibility index (Phi) is 5.40. The zero-order chi connectivity index (χ0) is 16.6. The summed E-state index contributed by atoms with van der Waals surface area (Å²) >= 11 is 0. The Morgan fingerprint density at radius 3 is 1.62 bits per heavy atom. The van der Waals surface area contributed by atoms with E-state index in [0.717, 1.165) is 6.54 Å². The van der Waals surface area contributed by atoms with E-state index in [1.165, 1.54) is 16.7 Å². The van der Waals surface area contributed by atoms with Gasteiger partial charge in [-0.15, -0.1) is 0 Å². The zero-order valence-corrected chi connectivity index (χ0v) is 13.5. The van der Waals surface area contributed by atoms with E-state index in [2.05, 4.69) is 71.6 Å². The first kappa shape index (κ1) is 16.0. The number of hydrogen-bond acceptors (Lipinski definition) is 2. The largest absolute Gasteiger partial charge is 0.275 e. The van der Waals surface area contributed by atoms with Crippen LogP contribution in [-0.4, -0.2) is 11.4 Å². The number of hydrogen-bond donors (Lipinski definition) is 0. The Labute approximate surface area is 143 Å². The molecule has 0 unspecified atom stereocenters. The van der Waals surface area contributed by atoms with Gasteiger partial charge in [-0.1, -0.05) is 91.0 Å². The molecule has 3 aromatic rings. The second kappa shape index (κ2) is 8.10. The molecule has 0 aliphatic carbocycles. The normalized spacial score (nSPS) is 10.7. The third-order valence-corrected chi connectivity index (χ3v) is 4.10. The standard InChI is InChI=1S/C22H20N2/c23-16-17-24(18-19-10-4-1-5-11-19)22(20-12-6-2-7-13-20)21-14-8-3-9-15-21/h1-15,22H,17-18H2. The predicted octanol–water partition coefficient (Wildman–Crippen LogP) is 4.80. The Bertz CT molecular complexity index is 737. The molecule has 118 valence electrons. The van der Waals surface area contributed by atoms with Crippen molar-refractivity contribution in [3.8, 4) is 6.07 Å². The van der Waals surface area contributed by atoms with E-state index >= 15 is 0 Å². The van der Waals surface area contributed by atoms with E-state index < -0.39 is 0 Å². The molecule has 2 nitrogen and oxygen atoms in total. The van der Waals surface area contributed by atoms with Gasteiger partial charge in [0, 0.05) is 6.54 Å². The van der Waals surface area contributed by atoms with Gasteiger partial charge >= 0.3 is 0 Å². The number of nitriles is 1. The molecule has 0 saturated heterocycles. The van der Waals surface area contributed by atoms with Crippen LogP contribution in [0, 0.1) is 11.3 Å². The molecule has 0 fully saturated rings. The Hall–Kier alpha value is -2.89. The molecular weight excluding hydrogens is 292 g/mol. The van der Waals surface area contributed by atoms with Crippen molar-refractivity contribution in [2.24, 2.45) is 0 Å². The highest BCUT2D eigenvalue weighted by atomic mass is 15.2. The molecule has 0 aliphatic heterocycles. The molecule has 0 saturated carbocycles. The van der Waals surface area contributed by atoms with Crippen molar-refractivity contribution < 1.29 is 0 Å². The van der Waals surface area contributed by atoms with E-state index in [4.69, 9.17) is 0 Å². The minimum Gasteiger partial charge on any atom is -0.275 e. The molecule has 0 heterocycles. The lowest BCUT2D eigenvalue weighted by Gasteiger charge is -2.30. The van der Waals surface area contributed by atoms with Crippen LogP contribution in [-0.2, 0) is 6.54 Å². The minimum atomic E-state index is 0.0623. The number of benzene rings is 3. The topological polar surface area (TPSA) is 27.0 Å². The van der Waals surface area contributed by atoms with Crippen LogP contribution >= 0.6 is 0 Å². The first-order valence-corrected chi connectivity index (χ1v) is 8.13. The van der Waals surface area contributed by atoms with Gasteiger partial charge in [-0.25, -0.2) is 0 Å². The fourth-order valence-corrected chi connectivity index (χ4v) is 3.03. The van der Waals surface area contributed by atoms with Crippen LogP contribution in [0.5, 0.6) is 0 Å². The Balaban J connectivity index is 1.99. The highest BCUT2D eigenvalue weighted by Crippen LogP contribution is 2.29. The smallest absolute Gasteiger partial charge is 0.0876 e. The van der Waals surface area contributed by atoms with Crippen LogP contribution < -0.4 is 0 Å². The zero-order valence-electron chi connectivity index (χ0n) is 13.5. The summed E-state index contributed by atoms with van der Waals surface area (Å²) in [5.41, 5.74) is 3.62. The highest BCUT2D eigenvalue weighted by molar-refractivity contribution is 5.32. The maximum absolute atomic E-state index is 9.37. The van der Waals surface area contributed by atoms with Gasteiger partial charge in [0.15, 0.2) is 0 Å². The van der Waals surface area contributed by atoms with Gasteiger partial charge in [0.25, 0.3) is 0 Å². The summed E-state index contributed by atoms with van der Waals surface area (Å²) < 4.78 is 0. The maximum Gasteiger partial charge on any atom is 0.0876 e. The van der Waals surface area contributed by atoms with Crippen molar-refractivity contribution >= 4 is 0 Å². The van der Waals surface area contributed by atoms with Crippen molar-refractivity contribution in [3.63, 3.8) is 0 Å². The fourth-order valence-electron chi connectivity index (χ4n) is 3.03. The summed E-state index contributed by atoms with van der Waals surface area (Å²) in [6, 6.07) is 33.5. The van der Waals surface area contributed by atoms with Crippen LogP contribution in [0.2, 0.25) is 0 Å². The lowest BCUT2D eigenvalue weighted by molar-refractivity contribution is 0.244. The summed E-state index contributed by atoms with van der Waals surface area (Å²) in [6.45, 7) is 1.12. The van der Waals surface area contributed by atoms with E-state index in [1.807, 2.05) is 30.3 Å². The summed E-state index contributed by atoms with van der Waals surface area (Å²) in [7, 11) is 0. The second-order valence-electron chi connectivity index (χ2n) is 5.77. The van der Waals surface area contributed by atoms with Gasteiger partial charge < -0.3 is 0 Å². The van der Waals surface area contributed by atoms with Gasteiger partial charge in [-0.2, -0.15) is 5.26 Å². The molecule has 0 radical (unpaired) electrons. The van der Waals surface area contributed by atoms with Crippen LogP contribution in [0.25, 0.3) is 0 Å². The SMILES string of the molecule is N#CCN(Cc1ccccc1)C(c1ccccc1)c1ccccc1. The minimum absolute atomic E-state index is 0.0623. The van der Waals surface area contributed by atoms with Crippen molar-refractivity contribution in [3.05, 3.63) is 108 Å². The van der Waals surface area contributed by atoms with E-state index in [-0.39, 0.29) is 6.04 Å². The third-order valence-electron chi connectivity index (χ3n) is 4.10. The van der Waals surface area contributed by atoms with Crippen LogP contribution in [0.1, 0.15) is 22.7 Å². The Morgan fingerprint density at radius 1 is 0.708 bits per heavy atom. The lowest BCUT2D eigenvalue weighted by atomic mass is 9.96. The average Bonchev–Trinajstić information content (AvgIpc) is 2.65. The quantitative estimate of drug-likeness (QED) is 0.611. The molecule has 0 spiro atoms. The first-order chi connectivity index (χ1) is 11.9. The molecule has 0 aliphatic rings. The third kappa shape index (κ3) is 3.90. The second-order valence-corrected chi connectivity index (χ2v) is 5.77. The van der Waals surface area contributed by atoms with Gasteiger partial charge in [0.2, 0.25) is 0 Å². The Morgan fingerprint density at radius 2 is 1.17 bits per heavy atom. The molecule has 24 heavy (non-hydrogen) atoms. The number of rotatable bonds is 6. The van der Waals surface area contributed by atoms with Crippen LogP contribution in [0.4, 0.5) is 0 Å². The molecule has 0 atom stereocenters. The van der Waals surface area contributed by atoms with Crippen LogP contribution in [0.3, 0.4) is 0 Å². The summed E-state index contributed by atoms with van der Waals surface area (Å²) in [5.74, 6) is 0. The molecular formula is C22H20N2.